The monoisotopic (exact) mass is 207 g/mol. The van der Waals surface area contributed by atoms with Gasteiger partial charge in [-0.05, 0) is 12.8 Å². The van der Waals surface area contributed by atoms with E-state index in [1.165, 1.54) is 0 Å². The molecule has 76 valence electrons. The molecule has 2 fully saturated rings. The fourth-order valence-corrected chi connectivity index (χ4v) is 4.78. The Morgan fingerprint density at radius 3 is 2.31 bits per heavy atom. The van der Waals surface area contributed by atoms with Crippen LogP contribution >= 0.6 is 10.6 Å². The van der Waals surface area contributed by atoms with Crippen LogP contribution in [0.5, 0.6) is 0 Å². The molecule has 1 aliphatic heterocycles. The molecule has 2 rings (SSSR count). The van der Waals surface area contributed by atoms with Gasteiger partial charge in [-0.3, -0.25) is 9.11 Å². The van der Waals surface area contributed by atoms with Crippen molar-refractivity contribution in [3.63, 3.8) is 0 Å². The van der Waals surface area contributed by atoms with Gasteiger partial charge >= 0.3 is 6.09 Å². The van der Waals surface area contributed by atoms with Crippen molar-refractivity contribution in [3.8, 4) is 0 Å². The third-order valence-electron chi connectivity index (χ3n) is 2.76. The van der Waals surface area contributed by atoms with E-state index < -0.39 is 16.7 Å². The van der Waals surface area contributed by atoms with Crippen LogP contribution < -0.4 is 5.32 Å². The molecule has 0 aromatic carbocycles. The van der Waals surface area contributed by atoms with E-state index in [1.807, 2.05) is 0 Å². The van der Waals surface area contributed by atoms with Crippen LogP contribution in [0.3, 0.4) is 0 Å². The van der Waals surface area contributed by atoms with Crippen LogP contribution in [0.15, 0.2) is 0 Å². The quantitative estimate of drug-likeness (QED) is 0.519. The lowest BCUT2D eigenvalue weighted by Crippen LogP contribution is -2.60. The molecule has 1 spiro atoms. The maximum atomic E-state index is 10.2. The van der Waals surface area contributed by atoms with Gasteiger partial charge in [-0.15, -0.1) is 0 Å². The molecule has 0 bridgehead atoms. The van der Waals surface area contributed by atoms with Crippen LogP contribution in [0, 0.1) is 5.41 Å². The Morgan fingerprint density at radius 1 is 1.38 bits per heavy atom. The Bertz CT molecular complexity index is 239. The van der Waals surface area contributed by atoms with Gasteiger partial charge in [0.05, 0.1) is 0 Å². The normalized spacial score (nSPS) is 31.5. The molecule has 5 nitrogen and oxygen atoms in total. The molecule has 1 saturated heterocycles. The molecule has 0 radical (unpaired) electrons. The predicted molar refractivity (Wildman–Crippen MR) is 49.2 cm³/mol. The van der Waals surface area contributed by atoms with Crippen LogP contribution in [0.4, 0.5) is 4.79 Å². The third kappa shape index (κ3) is 1.61. The maximum absolute atomic E-state index is 10.2. The number of hydrogen-bond donors (Lipinski definition) is 4. The molecule has 0 unspecified atom stereocenters. The highest BCUT2D eigenvalue weighted by atomic mass is 32.3. The van der Waals surface area contributed by atoms with Crippen molar-refractivity contribution in [1.82, 2.24) is 5.32 Å². The summed E-state index contributed by atoms with van der Waals surface area (Å²) in [6.45, 7) is 0. The van der Waals surface area contributed by atoms with E-state index in [0.717, 1.165) is 12.8 Å². The average molecular weight is 207 g/mol. The van der Waals surface area contributed by atoms with Crippen molar-refractivity contribution in [1.29, 1.82) is 0 Å². The molecule has 13 heavy (non-hydrogen) atoms. The van der Waals surface area contributed by atoms with Crippen LogP contribution in [0.2, 0.25) is 0 Å². The highest BCUT2D eigenvalue weighted by Gasteiger charge is 2.56. The maximum Gasteiger partial charge on any atom is 0.404 e. The van der Waals surface area contributed by atoms with E-state index in [2.05, 4.69) is 5.32 Å². The van der Waals surface area contributed by atoms with Gasteiger partial charge in [0.25, 0.3) is 0 Å². The van der Waals surface area contributed by atoms with E-state index >= 15 is 0 Å². The summed E-state index contributed by atoms with van der Waals surface area (Å²) in [7, 11) is -2.28. The fourth-order valence-electron chi connectivity index (χ4n) is 2.44. The van der Waals surface area contributed by atoms with Gasteiger partial charge in [0.2, 0.25) is 0 Å². The van der Waals surface area contributed by atoms with Crippen LogP contribution in [-0.4, -0.2) is 37.9 Å². The highest BCUT2D eigenvalue weighted by molar-refractivity contribution is 8.25. The first-order chi connectivity index (χ1) is 5.91. The molecule has 0 aromatic rings. The van der Waals surface area contributed by atoms with Crippen molar-refractivity contribution in [3.05, 3.63) is 0 Å². The van der Waals surface area contributed by atoms with Crippen LogP contribution in [0.1, 0.15) is 12.8 Å². The summed E-state index contributed by atoms with van der Waals surface area (Å²) in [5.74, 6) is 0.940. The molecule has 6 heteroatoms. The Hall–Kier alpha value is -0.460. The molecule has 0 atom stereocenters. The van der Waals surface area contributed by atoms with Crippen LogP contribution in [-0.2, 0) is 0 Å². The summed E-state index contributed by atoms with van der Waals surface area (Å²) < 4.78 is 18.4. The number of carbonyl (C=O) groups is 1. The van der Waals surface area contributed by atoms with Crippen LogP contribution in [0.25, 0.3) is 0 Å². The number of rotatable bonds is 1. The number of hydrogen-bond acceptors (Lipinski definition) is 3. The molecule has 1 amide bonds. The lowest BCUT2D eigenvalue weighted by atomic mass is 9.67. The van der Waals surface area contributed by atoms with Crippen molar-refractivity contribution >= 4 is 16.7 Å². The van der Waals surface area contributed by atoms with Gasteiger partial charge in [-0.2, -0.15) is 10.6 Å². The first kappa shape index (κ1) is 9.11. The zero-order valence-corrected chi connectivity index (χ0v) is 7.88. The minimum atomic E-state index is -2.28. The van der Waals surface area contributed by atoms with Crippen molar-refractivity contribution in [2.45, 2.75) is 18.9 Å². The first-order valence-electron chi connectivity index (χ1n) is 4.14. The molecule has 1 saturated carbocycles. The van der Waals surface area contributed by atoms with E-state index in [-0.39, 0.29) is 11.5 Å². The van der Waals surface area contributed by atoms with Gasteiger partial charge < -0.3 is 10.4 Å². The number of amides is 1. The predicted octanol–water partition coefficient (Wildman–Crippen LogP) is 1.17. The van der Waals surface area contributed by atoms with E-state index in [1.54, 1.807) is 0 Å². The minimum absolute atomic E-state index is 0.0213. The summed E-state index contributed by atoms with van der Waals surface area (Å²) in [4.78, 5) is 10.2. The molecule has 4 N–H and O–H groups in total. The largest absolute Gasteiger partial charge is 0.465 e. The second-order valence-corrected chi connectivity index (χ2v) is 6.33. The van der Waals surface area contributed by atoms with Crippen molar-refractivity contribution in [2.24, 2.45) is 5.41 Å². The van der Waals surface area contributed by atoms with Crippen molar-refractivity contribution < 1.29 is 19.0 Å². The fraction of sp³-hybridized carbons (Fsp3) is 0.857. The lowest BCUT2D eigenvalue weighted by molar-refractivity contribution is 0.101. The average Bonchev–Trinajstić information content (AvgIpc) is 1.77. The van der Waals surface area contributed by atoms with Gasteiger partial charge in [-0.25, -0.2) is 4.79 Å². The van der Waals surface area contributed by atoms with Gasteiger partial charge in [0.1, 0.15) is 0 Å². The highest BCUT2D eigenvalue weighted by Crippen LogP contribution is 2.66. The molecule has 1 heterocycles. The summed E-state index contributed by atoms with van der Waals surface area (Å²) in [6.07, 6.45) is 0.524. The van der Waals surface area contributed by atoms with Gasteiger partial charge in [-0.1, -0.05) is 0 Å². The summed E-state index contributed by atoms with van der Waals surface area (Å²) in [5.41, 5.74) is 0.0476. The summed E-state index contributed by atoms with van der Waals surface area (Å²) in [6, 6.07) is 0.0213. The van der Waals surface area contributed by atoms with Gasteiger partial charge in [0.15, 0.2) is 0 Å². The van der Waals surface area contributed by atoms with E-state index in [9.17, 15) is 13.9 Å². The standard InChI is InChI=1S/C7H13NO4S/c9-6(10)8-5-1-7(2-5)3-13(11,12)4-7/h5,8,11-12H,1-4H2,(H,9,10). The number of nitrogens with one attached hydrogen (secondary N) is 1. The summed E-state index contributed by atoms with van der Waals surface area (Å²) >= 11 is 0. The topological polar surface area (TPSA) is 89.8 Å². The number of carboxylic acid groups (broad SMARTS) is 1. The Labute approximate surface area is 77.5 Å². The molecular weight excluding hydrogens is 194 g/mol. The Kier molecular flexibility index (Phi) is 1.77. The van der Waals surface area contributed by atoms with E-state index in [0.29, 0.717) is 11.5 Å². The molecule has 0 aromatic heterocycles. The second-order valence-electron chi connectivity index (χ2n) is 4.15. The lowest BCUT2D eigenvalue weighted by Gasteiger charge is -2.62. The minimum Gasteiger partial charge on any atom is -0.465 e. The van der Waals surface area contributed by atoms with E-state index in [4.69, 9.17) is 5.11 Å². The third-order valence-corrected chi connectivity index (χ3v) is 4.91. The first-order valence-corrected chi connectivity index (χ1v) is 6.02. The van der Waals surface area contributed by atoms with Crippen molar-refractivity contribution in [2.75, 3.05) is 11.5 Å². The zero-order chi connectivity index (χ0) is 9.69. The summed E-state index contributed by atoms with van der Waals surface area (Å²) in [5, 5.41) is 10.8. The second kappa shape index (κ2) is 2.52. The Morgan fingerprint density at radius 2 is 1.92 bits per heavy atom. The zero-order valence-electron chi connectivity index (χ0n) is 7.06. The Balaban J connectivity index is 1.77. The molecule has 2 aliphatic rings. The van der Waals surface area contributed by atoms with Gasteiger partial charge in [0, 0.05) is 23.0 Å². The molecule has 1 aliphatic carbocycles. The molecular formula is C7H13NO4S. The smallest absolute Gasteiger partial charge is 0.404 e. The SMILES string of the molecule is O=C(O)NC1CC2(C1)CS(O)(O)C2.